The van der Waals surface area contributed by atoms with Crippen LogP contribution in [-0.2, 0) is 4.79 Å². The monoisotopic (exact) mass is 436 g/mol. The minimum Gasteiger partial charge on any atom is -0.480 e. The molecule has 1 aromatic heterocycles. The Morgan fingerprint density at radius 3 is 1.97 bits per heavy atom. The lowest BCUT2D eigenvalue weighted by molar-refractivity contribution is -0.137. The van der Waals surface area contributed by atoms with E-state index in [1.54, 1.807) is 11.8 Å². The van der Waals surface area contributed by atoms with Crippen molar-refractivity contribution < 1.29 is 9.90 Å². The highest BCUT2D eigenvalue weighted by Crippen LogP contribution is 2.15. The molecule has 0 aliphatic carbocycles. The highest BCUT2D eigenvalue weighted by atomic mass is 32.2. The molecule has 0 radical (unpaired) electrons. The summed E-state index contributed by atoms with van der Waals surface area (Å²) in [6.45, 7) is 4.18. The van der Waals surface area contributed by atoms with Crippen LogP contribution < -0.4 is 5.32 Å². The maximum absolute atomic E-state index is 11.5. The number of nitrogens with zero attached hydrogens (tertiary/aromatic N) is 1. The number of carboxylic acids is 1. The first-order chi connectivity index (χ1) is 14.6. The van der Waals surface area contributed by atoms with Crippen LogP contribution in [-0.4, -0.2) is 33.6 Å². The fourth-order valence-corrected chi connectivity index (χ4v) is 4.61. The fraction of sp³-hybridized carbons (Fsp3) is 0.760. The number of aryl methyl sites for hydroxylation is 1. The first kappa shape index (κ1) is 26.8. The van der Waals surface area contributed by atoms with Crippen LogP contribution in [0.2, 0.25) is 0 Å². The van der Waals surface area contributed by atoms with Crippen LogP contribution in [0, 0.1) is 6.92 Å². The van der Waals surface area contributed by atoms with Crippen LogP contribution in [0.4, 0.5) is 5.82 Å². The first-order valence-corrected chi connectivity index (χ1v) is 13.3. The summed E-state index contributed by atoms with van der Waals surface area (Å²) in [5.41, 5.74) is 0.888. The van der Waals surface area contributed by atoms with E-state index in [4.69, 9.17) is 0 Å². The molecule has 1 unspecified atom stereocenters. The van der Waals surface area contributed by atoms with Crippen LogP contribution in [0.3, 0.4) is 0 Å². The minimum atomic E-state index is -0.813. The Hall–Kier alpha value is -1.23. The SMILES string of the molecule is CCCCCCCCCCCCCCCCSCC(Nc1cccc(C)n1)C(=O)O. The third-order valence-corrected chi connectivity index (χ3v) is 6.58. The van der Waals surface area contributed by atoms with Gasteiger partial charge in [-0.15, -0.1) is 0 Å². The Morgan fingerprint density at radius 2 is 1.47 bits per heavy atom. The topological polar surface area (TPSA) is 62.2 Å². The summed E-state index contributed by atoms with van der Waals surface area (Å²) in [6.07, 6.45) is 19.1. The van der Waals surface area contributed by atoms with E-state index in [1.165, 1.54) is 89.9 Å². The summed E-state index contributed by atoms with van der Waals surface area (Å²) in [5.74, 6) is 1.43. The quantitative estimate of drug-likeness (QED) is 0.208. The van der Waals surface area contributed by atoms with Crippen LogP contribution in [0.25, 0.3) is 0 Å². The lowest BCUT2D eigenvalue weighted by atomic mass is 10.0. The van der Waals surface area contributed by atoms with Crippen LogP contribution in [0.15, 0.2) is 18.2 Å². The minimum absolute atomic E-state index is 0.573. The molecule has 1 atom stereocenters. The number of hydrogen-bond acceptors (Lipinski definition) is 4. The summed E-state index contributed by atoms with van der Waals surface area (Å²) in [5, 5.41) is 12.5. The predicted octanol–water partition coefficient (Wildman–Crippen LogP) is 7.47. The molecule has 0 fully saturated rings. The molecule has 2 N–H and O–H groups in total. The van der Waals surface area contributed by atoms with Gasteiger partial charge in [0.2, 0.25) is 0 Å². The van der Waals surface area contributed by atoms with Gasteiger partial charge in [0, 0.05) is 11.4 Å². The second kappa shape index (κ2) is 18.5. The molecule has 0 bridgehead atoms. The Labute approximate surface area is 189 Å². The number of hydrogen-bond donors (Lipinski definition) is 2. The highest BCUT2D eigenvalue weighted by molar-refractivity contribution is 7.99. The second-order valence-corrected chi connectivity index (χ2v) is 9.52. The lowest BCUT2D eigenvalue weighted by Crippen LogP contribution is -2.32. The summed E-state index contributed by atoms with van der Waals surface area (Å²) >= 11 is 1.73. The number of carboxylic acid groups (broad SMARTS) is 1. The van der Waals surface area contributed by atoms with Crippen molar-refractivity contribution in [1.82, 2.24) is 4.98 Å². The van der Waals surface area contributed by atoms with E-state index in [2.05, 4.69) is 17.2 Å². The van der Waals surface area contributed by atoms with Gasteiger partial charge in [-0.2, -0.15) is 11.8 Å². The van der Waals surface area contributed by atoms with Gasteiger partial charge >= 0.3 is 5.97 Å². The van der Waals surface area contributed by atoms with Gasteiger partial charge in [-0.1, -0.05) is 96.5 Å². The molecule has 0 saturated heterocycles. The van der Waals surface area contributed by atoms with Gasteiger partial charge in [0.15, 0.2) is 0 Å². The predicted molar refractivity (Wildman–Crippen MR) is 132 cm³/mol. The van der Waals surface area contributed by atoms with Crippen molar-refractivity contribution in [3.8, 4) is 0 Å². The largest absolute Gasteiger partial charge is 0.480 e. The number of nitrogens with one attached hydrogen (secondary N) is 1. The smallest absolute Gasteiger partial charge is 0.327 e. The van der Waals surface area contributed by atoms with E-state index in [9.17, 15) is 9.90 Å². The van der Waals surface area contributed by atoms with Gasteiger partial charge in [0.1, 0.15) is 11.9 Å². The summed E-state index contributed by atoms with van der Waals surface area (Å²) in [4.78, 5) is 15.8. The number of pyridine rings is 1. The average molecular weight is 437 g/mol. The summed E-state index contributed by atoms with van der Waals surface area (Å²) in [7, 11) is 0. The molecule has 0 spiro atoms. The summed E-state index contributed by atoms with van der Waals surface area (Å²) < 4.78 is 0. The molecular formula is C25H44N2O2S. The molecule has 0 saturated carbocycles. The molecule has 30 heavy (non-hydrogen) atoms. The van der Waals surface area contributed by atoms with Crippen molar-refractivity contribution in [1.29, 1.82) is 0 Å². The number of aromatic nitrogens is 1. The van der Waals surface area contributed by atoms with Crippen molar-refractivity contribution in [2.75, 3.05) is 16.8 Å². The zero-order valence-corrected chi connectivity index (χ0v) is 20.2. The van der Waals surface area contributed by atoms with Crippen molar-refractivity contribution in [3.63, 3.8) is 0 Å². The van der Waals surface area contributed by atoms with E-state index in [-0.39, 0.29) is 0 Å². The van der Waals surface area contributed by atoms with Gasteiger partial charge in [0.05, 0.1) is 0 Å². The Morgan fingerprint density at radius 1 is 0.933 bits per heavy atom. The Kier molecular flexibility index (Phi) is 16.6. The number of unbranched alkanes of at least 4 members (excludes halogenated alkanes) is 13. The second-order valence-electron chi connectivity index (χ2n) is 8.37. The molecule has 172 valence electrons. The molecule has 1 rings (SSSR count). The van der Waals surface area contributed by atoms with Crippen molar-refractivity contribution in [3.05, 3.63) is 23.9 Å². The van der Waals surface area contributed by atoms with Crippen LogP contribution >= 0.6 is 11.8 Å². The molecule has 1 heterocycles. The van der Waals surface area contributed by atoms with Crippen molar-refractivity contribution in [2.24, 2.45) is 0 Å². The molecule has 0 aliphatic heterocycles. The van der Waals surface area contributed by atoms with Crippen LogP contribution in [0.1, 0.15) is 103 Å². The third-order valence-electron chi connectivity index (χ3n) is 5.44. The maximum Gasteiger partial charge on any atom is 0.327 e. The van der Waals surface area contributed by atoms with Gasteiger partial charge < -0.3 is 10.4 Å². The van der Waals surface area contributed by atoms with E-state index in [0.29, 0.717) is 11.6 Å². The fourth-order valence-electron chi connectivity index (χ4n) is 3.58. The van der Waals surface area contributed by atoms with Gasteiger partial charge in [-0.05, 0) is 31.2 Å². The summed E-state index contributed by atoms with van der Waals surface area (Å²) in [6, 6.07) is 5.04. The van der Waals surface area contributed by atoms with E-state index in [0.717, 1.165) is 11.4 Å². The standard InChI is InChI=1S/C25H44N2O2S/c1-3-4-5-6-7-8-9-10-11-12-13-14-15-16-20-30-21-23(25(28)29)27-24-19-17-18-22(2)26-24/h17-19,23H,3-16,20-21H2,1-2H3,(H,26,27)(H,28,29). The maximum atomic E-state index is 11.5. The number of rotatable bonds is 20. The molecular weight excluding hydrogens is 392 g/mol. The van der Waals surface area contributed by atoms with E-state index < -0.39 is 12.0 Å². The number of aliphatic carboxylic acids is 1. The first-order valence-electron chi connectivity index (χ1n) is 12.1. The molecule has 1 aromatic rings. The zero-order valence-electron chi connectivity index (χ0n) is 19.3. The Balaban J connectivity index is 1.92. The van der Waals surface area contributed by atoms with E-state index in [1.807, 2.05) is 25.1 Å². The van der Waals surface area contributed by atoms with Gasteiger partial charge in [-0.25, -0.2) is 9.78 Å². The average Bonchev–Trinajstić information content (AvgIpc) is 2.72. The highest BCUT2D eigenvalue weighted by Gasteiger charge is 2.17. The van der Waals surface area contributed by atoms with Crippen LogP contribution in [0.5, 0.6) is 0 Å². The van der Waals surface area contributed by atoms with Gasteiger partial charge in [-0.3, -0.25) is 0 Å². The zero-order chi connectivity index (χ0) is 21.9. The lowest BCUT2D eigenvalue weighted by Gasteiger charge is -2.15. The van der Waals surface area contributed by atoms with Gasteiger partial charge in [0.25, 0.3) is 0 Å². The molecule has 0 amide bonds. The molecule has 4 nitrogen and oxygen atoms in total. The molecule has 0 aromatic carbocycles. The number of anilines is 1. The van der Waals surface area contributed by atoms with Crippen molar-refractivity contribution >= 4 is 23.5 Å². The molecule has 5 heteroatoms. The third kappa shape index (κ3) is 14.7. The normalized spacial score (nSPS) is 12.1. The number of thioether (sulfide) groups is 1. The number of carbonyl (C=O) groups is 1. The molecule has 0 aliphatic rings. The van der Waals surface area contributed by atoms with E-state index >= 15 is 0 Å². The Bertz CT molecular complexity index is 554. The van der Waals surface area contributed by atoms with Crippen molar-refractivity contribution in [2.45, 2.75) is 110 Å².